The van der Waals surface area contributed by atoms with Gasteiger partial charge in [0.15, 0.2) is 0 Å². The van der Waals surface area contributed by atoms with Crippen LogP contribution in [0.4, 0.5) is 0 Å². The number of ketones is 1. The molecule has 0 amide bonds. The Morgan fingerprint density at radius 3 is 2.14 bits per heavy atom. The molecule has 1 aromatic heterocycles. The second kappa shape index (κ2) is 24.1. The Balaban J connectivity index is 0.00000924. The number of quaternary nitrogens is 1. The first kappa shape index (κ1) is 38.7. The predicted octanol–water partition coefficient (Wildman–Crippen LogP) is 9.39. The summed E-state index contributed by atoms with van der Waals surface area (Å²) in [5.74, 6) is 0.714. The van der Waals surface area contributed by atoms with Crippen molar-refractivity contribution in [1.29, 1.82) is 0 Å². The highest BCUT2D eigenvalue weighted by molar-refractivity contribution is 7.50. The maximum absolute atomic E-state index is 12.7. The molecule has 0 aliphatic carbocycles. The Bertz CT molecular complexity index is 1040. The molecule has 0 fully saturated rings. The Labute approximate surface area is 261 Å². The number of ether oxygens (including phenoxy) is 1. The Kier molecular flexibility index (Phi) is 21.7. The number of carbonyl (C=O) groups excluding carboxylic acids is 1. The molecule has 0 aliphatic heterocycles. The number of aromatic nitrogens is 1. The highest BCUT2D eigenvalue weighted by atomic mass is 31.2. The third-order valence-electron chi connectivity index (χ3n) is 7.34. The number of unbranched alkanes of at least 4 members (excludes halogenated alkanes) is 11. The molecule has 0 aliphatic rings. The van der Waals surface area contributed by atoms with Gasteiger partial charge in [-0.15, -0.1) is 0 Å². The maximum atomic E-state index is 12.7. The van der Waals surface area contributed by atoms with Gasteiger partial charge in [-0.25, -0.2) is 0 Å². The Morgan fingerprint density at radius 2 is 1.53 bits per heavy atom. The van der Waals surface area contributed by atoms with E-state index in [1.807, 2.05) is 42.5 Å². The van der Waals surface area contributed by atoms with E-state index in [1.165, 1.54) is 57.8 Å². The first-order valence-corrected chi connectivity index (χ1v) is 18.1. The van der Waals surface area contributed by atoms with Crippen LogP contribution in [0.5, 0.6) is 5.75 Å². The van der Waals surface area contributed by atoms with Crippen molar-refractivity contribution in [2.24, 2.45) is 5.92 Å². The summed E-state index contributed by atoms with van der Waals surface area (Å²) in [6.07, 6.45) is 23.8. The van der Waals surface area contributed by atoms with Crippen LogP contribution in [0.3, 0.4) is 0 Å². The summed E-state index contributed by atoms with van der Waals surface area (Å²) >= 11 is 0. The van der Waals surface area contributed by atoms with Gasteiger partial charge in [-0.2, -0.15) is 0 Å². The fraction of sp³-hybridized carbons (Fsp3) is 0.600. The molecule has 1 aromatic carbocycles. The molecule has 1 unspecified atom stereocenters. The van der Waals surface area contributed by atoms with Gasteiger partial charge in [0.1, 0.15) is 25.7 Å². The van der Waals surface area contributed by atoms with E-state index in [0.717, 1.165) is 49.4 Å². The van der Waals surface area contributed by atoms with Crippen LogP contribution >= 0.6 is 7.60 Å². The lowest BCUT2D eigenvalue weighted by atomic mass is 9.93. The molecule has 0 saturated heterocycles. The van der Waals surface area contributed by atoms with E-state index in [2.05, 4.69) is 24.1 Å². The molecule has 242 valence electrons. The first-order chi connectivity index (χ1) is 20.4. The van der Waals surface area contributed by atoms with Gasteiger partial charge in [0.2, 0.25) is 0 Å². The molecule has 1 heterocycles. The van der Waals surface area contributed by atoms with Gasteiger partial charge in [-0.1, -0.05) is 88.6 Å². The molecule has 2 aromatic rings. The number of hydrogen-bond donors (Lipinski definition) is 1. The SMILES string of the molecule is CCCCCCCC/C=C\CCCCCCCC(=O)C[C@H](COP(C)(=O)[O-])Cc1ccc(OCc2ccccn2)cc1.[NH4+]. The second-order valence-corrected chi connectivity index (χ2v) is 13.3. The highest BCUT2D eigenvalue weighted by Gasteiger charge is 2.17. The van der Waals surface area contributed by atoms with Crippen molar-refractivity contribution in [3.8, 4) is 5.75 Å². The molecule has 8 heteroatoms. The molecule has 0 spiro atoms. The minimum absolute atomic E-state index is 0. The van der Waals surface area contributed by atoms with E-state index in [1.54, 1.807) is 6.20 Å². The van der Waals surface area contributed by atoms with Crippen LogP contribution in [0, 0.1) is 5.92 Å². The zero-order valence-electron chi connectivity index (χ0n) is 27.0. The van der Waals surface area contributed by atoms with Crippen molar-refractivity contribution < 1.29 is 23.5 Å². The van der Waals surface area contributed by atoms with Gasteiger partial charge in [-0.05, 0) is 74.3 Å². The molecule has 4 N–H and O–H groups in total. The van der Waals surface area contributed by atoms with Crippen LogP contribution in [0.15, 0.2) is 60.8 Å². The zero-order chi connectivity index (χ0) is 30.3. The number of nitrogens with zero attached hydrogens (tertiary/aromatic N) is 1. The fourth-order valence-corrected chi connectivity index (χ4v) is 5.43. The molecule has 0 radical (unpaired) electrons. The zero-order valence-corrected chi connectivity index (χ0v) is 27.9. The molecule has 0 saturated carbocycles. The molecule has 0 bridgehead atoms. The van der Waals surface area contributed by atoms with Gasteiger partial charge in [0.05, 0.1) is 12.3 Å². The van der Waals surface area contributed by atoms with Crippen molar-refractivity contribution >= 4 is 13.4 Å². The summed E-state index contributed by atoms with van der Waals surface area (Å²) in [5.41, 5.74) is 1.87. The van der Waals surface area contributed by atoms with Crippen molar-refractivity contribution in [2.45, 2.75) is 116 Å². The lowest BCUT2D eigenvalue weighted by Gasteiger charge is -2.23. The quantitative estimate of drug-likeness (QED) is 0.0673. The minimum Gasteiger partial charge on any atom is -0.779 e. The van der Waals surface area contributed by atoms with E-state index in [4.69, 9.17) is 9.26 Å². The fourth-order valence-electron chi connectivity index (χ4n) is 4.94. The number of rotatable bonds is 25. The summed E-state index contributed by atoms with van der Waals surface area (Å²) in [6, 6.07) is 13.4. The predicted molar refractivity (Wildman–Crippen MR) is 177 cm³/mol. The second-order valence-electron chi connectivity index (χ2n) is 11.5. The highest BCUT2D eigenvalue weighted by Crippen LogP contribution is 2.33. The lowest BCUT2D eigenvalue weighted by Crippen LogP contribution is -2.18. The van der Waals surface area contributed by atoms with Gasteiger partial charge in [-0.3, -0.25) is 9.78 Å². The van der Waals surface area contributed by atoms with Gasteiger partial charge in [0.25, 0.3) is 0 Å². The average Bonchev–Trinajstić information content (AvgIpc) is 2.97. The van der Waals surface area contributed by atoms with Crippen molar-refractivity contribution in [3.63, 3.8) is 0 Å². The molecule has 7 nitrogen and oxygen atoms in total. The van der Waals surface area contributed by atoms with Crippen molar-refractivity contribution in [1.82, 2.24) is 11.1 Å². The number of benzene rings is 1. The summed E-state index contributed by atoms with van der Waals surface area (Å²) in [7, 11) is -3.86. The number of allylic oxidation sites excluding steroid dienone is 2. The molecule has 2 rings (SSSR count). The number of carbonyl (C=O) groups is 1. The van der Waals surface area contributed by atoms with Crippen LogP contribution in [-0.4, -0.2) is 24.0 Å². The standard InChI is InChI=1S/C35H54NO5P.H3N/c1-3-4-5-6-7-8-9-10-11-12-13-14-15-16-17-21-34(37)28-32(29-41-42(2,38)39)27-31-22-24-35(25-23-31)40-30-33-20-18-19-26-36-33;/h10-11,18-20,22-26,32H,3-9,12-17,21,27-30H2,1-2H3,(H,38,39);1H3/b11-10-;/t32-;/m1./s1. The number of Topliss-reactive ketones (excluding diaryl/α,β-unsaturated/α-hetero) is 1. The van der Waals surface area contributed by atoms with E-state index in [0.29, 0.717) is 25.9 Å². The summed E-state index contributed by atoms with van der Waals surface area (Å²) in [6.45, 7) is 3.74. The average molecular weight is 617 g/mol. The summed E-state index contributed by atoms with van der Waals surface area (Å²) in [4.78, 5) is 28.6. The summed E-state index contributed by atoms with van der Waals surface area (Å²) in [5, 5.41) is 0. The van der Waals surface area contributed by atoms with Crippen LogP contribution in [-0.2, 0) is 26.9 Å². The van der Waals surface area contributed by atoms with Crippen LogP contribution in [0.1, 0.15) is 114 Å². The van der Waals surface area contributed by atoms with Crippen LogP contribution < -0.4 is 15.8 Å². The van der Waals surface area contributed by atoms with E-state index in [-0.39, 0.29) is 24.5 Å². The largest absolute Gasteiger partial charge is 0.779 e. The normalized spacial score (nSPS) is 13.4. The molecule has 2 atom stereocenters. The molecular weight excluding hydrogens is 559 g/mol. The van der Waals surface area contributed by atoms with Crippen molar-refractivity contribution in [2.75, 3.05) is 13.3 Å². The number of pyridine rings is 1. The minimum atomic E-state index is -3.86. The molecular formula is C35H57N2O5P. The topological polar surface area (TPSA) is 125 Å². The smallest absolute Gasteiger partial charge is 0.133 e. The van der Waals surface area contributed by atoms with E-state index < -0.39 is 7.60 Å². The maximum Gasteiger partial charge on any atom is 0.133 e. The number of hydrogen-bond acceptors (Lipinski definition) is 6. The lowest BCUT2D eigenvalue weighted by molar-refractivity contribution is -0.197. The third-order valence-corrected chi connectivity index (χ3v) is 7.96. The monoisotopic (exact) mass is 616 g/mol. The van der Waals surface area contributed by atoms with Crippen molar-refractivity contribution in [3.05, 3.63) is 72.1 Å². The summed E-state index contributed by atoms with van der Waals surface area (Å²) < 4.78 is 22.6. The van der Waals surface area contributed by atoms with E-state index in [9.17, 15) is 14.3 Å². The van der Waals surface area contributed by atoms with Crippen LogP contribution in [0.25, 0.3) is 0 Å². The Morgan fingerprint density at radius 1 is 0.907 bits per heavy atom. The van der Waals surface area contributed by atoms with E-state index >= 15 is 0 Å². The Hall–Kier alpha value is -2.31. The van der Waals surface area contributed by atoms with Gasteiger partial charge < -0.3 is 24.9 Å². The van der Waals surface area contributed by atoms with Gasteiger partial charge >= 0.3 is 0 Å². The molecule has 43 heavy (non-hydrogen) atoms. The van der Waals surface area contributed by atoms with Gasteiger partial charge in [0, 0.05) is 25.7 Å². The third kappa shape index (κ3) is 21.1. The van der Waals surface area contributed by atoms with Crippen LogP contribution in [0.2, 0.25) is 0 Å². The first-order valence-electron chi connectivity index (χ1n) is 16.1.